The smallest absolute Gasteiger partial charge is 0.291 e. The Morgan fingerprint density at radius 1 is 1.38 bits per heavy atom. The van der Waals surface area contributed by atoms with Crippen LogP contribution in [0.2, 0.25) is 0 Å². The lowest BCUT2D eigenvalue weighted by Gasteiger charge is -2.10. The van der Waals surface area contributed by atoms with Gasteiger partial charge in [-0.3, -0.25) is 4.79 Å². The number of carbonyl (C=O) groups excluding carboxylic acids is 1. The number of amides is 1. The van der Waals surface area contributed by atoms with Gasteiger partial charge in [-0.25, -0.2) is 0 Å². The summed E-state index contributed by atoms with van der Waals surface area (Å²) in [6.45, 7) is 1.96. The zero-order valence-electron chi connectivity index (χ0n) is 11.8. The van der Waals surface area contributed by atoms with E-state index in [0.717, 1.165) is 12.2 Å². The first-order valence-electron chi connectivity index (χ1n) is 6.43. The molecule has 6 heteroatoms. The second-order valence-corrected chi connectivity index (χ2v) is 4.79. The molecule has 0 saturated carbocycles. The first-order valence-corrected chi connectivity index (χ1v) is 6.84. The zero-order chi connectivity index (χ0) is 15.4. The highest BCUT2D eigenvalue weighted by Gasteiger charge is 2.14. The quantitative estimate of drug-likeness (QED) is 0.831. The number of hydrogen-bond acceptors (Lipinski definition) is 4. The highest BCUT2D eigenvalue weighted by atomic mass is 32.1. The van der Waals surface area contributed by atoms with Gasteiger partial charge in [-0.05, 0) is 30.3 Å². The summed E-state index contributed by atoms with van der Waals surface area (Å²) in [6.07, 6.45) is 0.735. The molecule has 110 valence electrons. The molecular weight excluding hydrogens is 288 g/mol. The molecular formula is C15H16N2O3S. The first-order chi connectivity index (χ1) is 10.0. The van der Waals surface area contributed by atoms with Gasteiger partial charge < -0.3 is 20.2 Å². The third-order valence-corrected chi connectivity index (χ3v) is 3.20. The van der Waals surface area contributed by atoms with E-state index in [-0.39, 0.29) is 16.7 Å². The van der Waals surface area contributed by atoms with Crippen LogP contribution >= 0.6 is 12.2 Å². The summed E-state index contributed by atoms with van der Waals surface area (Å²) in [5, 5.41) is 2.74. The minimum Gasteiger partial charge on any atom is -0.495 e. The van der Waals surface area contributed by atoms with E-state index in [0.29, 0.717) is 17.0 Å². The third-order valence-electron chi connectivity index (χ3n) is 2.97. The zero-order valence-corrected chi connectivity index (χ0v) is 12.6. The highest BCUT2D eigenvalue weighted by molar-refractivity contribution is 7.80. The summed E-state index contributed by atoms with van der Waals surface area (Å²) in [5.41, 5.74) is 6.77. The molecule has 0 saturated heterocycles. The maximum Gasteiger partial charge on any atom is 0.291 e. The van der Waals surface area contributed by atoms with E-state index < -0.39 is 0 Å². The van der Waals surface area contributed by atoms with E-state index in [9.17, 15) is 4.79 Å². The molecule has 0 fully saturated rings. The summed E-state index contributed by atoms with van der Waals surface area (Å²) in [4.78, 5) is 12.4. The molecule has 0 aliphatic carbocycles. The normalized spacial score (nSPS) is 10.2. The summed E-state index contributed by atoms with van der Waals surface area (Å²) < 4.78 is 10.6. The van der Waals surface area contributed by atoms with E-state index in [1.54, 1.807) is 30.3 Å². The number of thiocarbonyl (C=S) groups is 1. The first kappa shape index (κ1) is 15.1. The monoisotopic (exact) mass is 304 g/mol. The van der Waals surface area contributed by atoms with Gasteiger partial charge in [0.25, 0.3) is 5.91 Å². The summed E-state index contributed by atoms with van der Waals surface area (Å²) in [5.74, 6) is 1.16. The van der Waals surface area contributed by atoms with Gasteiger partial charge in [0.05, 0.1) is 12.8 Å². The number of anilines is 1. The number of rotatable bonds is 5. The molecule has 0 atom stereocenters. The Kier molecular flexibility index (Phi) is 4.59. The number of benzene rings is 1. The molecule has 2 aromatic rings. The van der Waals surface area contributed by atoms with Crippen LogP contribution in [0, 0.1) is 0 Å². The molecule has 1 aromatic heterocycles. The molecule has 1 amide bonds. The van der Waals surface area contributed by atoms with Crippen molar-refractivity contribution in [2.75, 3.05) is 12.4 Å². The number of nitrogens with two attached hydrogens (primary N) is 1. The lowest BCUT2D eigenvalue weighted by atomic mass is 10.2. The topological polar surface area (TPSA) is 77.5 Å². The Labute approximate surface area is 128 Å². The van der Waals surface area contributed by atoms with Gasteiger partial charge in [0, 0.05) is 12.0 Å². The fraction of sp³-hybridized carbons (Fsp3) is 0.200. The molecule has 21 heavy (non-hydrogen) atoms. The van der Waals surface area contributed by atoms with Crippen molar-refractivity contribution in [2.45, 2.75) is 13.3 Å². The fourth-order valence-corrected chi connectivity index (χ4v) is 1.95. The lowest BCUT2D eigenvalue weighted by molar-refractivity contribution is 0.0994. The Hall–Kier alpha value is -2.34. The van der Waals surface area contributed by atoms with Crippen LogP contribution in [-0.4, -0.2) is 18.0 Å². The molecule has 2 rings (SSSR count). The maximum atomic E-state index is 12.1. The molecule has 0 bridgehead atoms. The van der Waals surface area contributed by atoms with Crippen LogP contribution < -0.4 is 15.8 Å². The number of ether oxygens (including phenoxy) is 1. The molecule has 0 spiro atoms. The maximum absolute atomic E-state index is 12.1. The van der Waals surface area contributed by atoms with Crippen LogP contribution in [0.3, 0.4) is 0 Å². The van der Waals surface area contributed by atoms with Gasteiger partial charge >= 0.3 is 0 Å². The van der Waals surface area contributed by atoms with Crippen molar-refractivity contribution in [3.63, 3.8) is 0 Å². The van der Waals surface area contributed by atoms with Gasteiger partial charge in [-0.15, -0.1) is 0 Å². The van der Waals surface area contributed by atoms with Crippen molar-refractivity contribution in [3.05, 3.63) is 47.4 Å². The average Bonchev–Trinajstić information content (AvgIpc) is 2.96. The standard InChI is InChI=1S/C15H16N2O3S/c1-3-10-5-7-12(20-10)15(18)17-11-6-4-9(14(16)21)8-13(11)19-2/h4-8H,3H2,1-2H3,(H2,16,21)(H,17,18). The number of aryl methyl sites for hydroxylation is 1. The van der Waals surface area contributed by atoms with Crippen LogP contribution in [0.25, 0.3) is 0 Å². The second kappa shape index (κ2) is 6.41. The van der Waals surface area contributed by atoms with Crippen molar-refractivity contribution < 1.29 is 13.9 Å². The SMILES string of the molecule is CCc1ccc(C(=O)Nc2ccc(C(N)=S)cc2OC)o1. The van der Waals surface area contributed by atoms with Crippen LogP contribution in [0.15, 0.2) is 34.7 Å². The van der Waals surface area contributed by atoms with Gasteiger partial charge in [0.15, 0.2) is 5.76 Å². The fourth-order valence-electron chi connectivity index (χ4n) is 1.82. The summed E-state index contributed by atoms with van der Waals surface area (Å²) in [7, 11) is 1.51. The number of carbonyl (C=O) groups is 1. The van der Waals surface area contributed by atoms with Crippen LogP contribution in [-0.2, 0) is 6.42 Å². The molecule has 0 unspecified atom stereocenters. The van der Waals surface area contributed by atoms with E-state index in [1.807, 2.05) is 6.92 Å². The van der Waals surface area contributed by atoms with Crippen LogP contribution in [0.1, 0.15) is 28.8 Å². The molecule has 0 radical (unpaired) electrons. The van der Waals surface area contributed by atoms with Crippen LogP contribution in [0.4, 0.5) is 5.69 Å². The van der Waals surface area contributed by atoms with E-state index in [4.69, 9.17) is 27.1 Å². The van der Waals surface area contributed by atoms with Gasteiger partial charge in [-0.1, -0.05) is 19.1 Å². The second-order valence-electron chi connectivity index (χ2n) is 4.35. The van der Waals surface area contributed by atoms with Crippen molar-refractivity contribution in [1.82, 2.24) is 0 Å². The number of furan rings is 1. The summed E-state index contributed by atoms with van der Waals surface area (Å²) in [6, 6.07) is 8.51. The predicted octanol–water partition coefficient (Wildman–Crippen LogP) is 2.74. The third kappa shape index (κ3) is 3.41. The summed E-state index contributed by atoms with van der Waals surface area (Å²) >= 11 is 4.91. The molecule has 1 heterocycles. The average molecular weight is 304 g/mol. The van der Waals surface area contributed by atoms with E-state index in [2.05, 4.69) is 5.32 Å². The highest BCUT2D eigenvalue weighted by Crippen LogP contribution is 2.26. The molecule has 0 aliphatic rings. The van der Waals surface area contributed by atoms with Gasteiger partial charge in [0.2, 0.25) is 0 Å². The molecule has 3 N–H and O–H groups in total. The van der Waals surface area contributed by atoms with Crippen molar-refractivity contribution in [2.24, 2.45) is 5.73 Å². The van der Waals surface area contributed by atoms with Gasteiger partial charge in [-0.2, -0.15) is 0 Å². The van der Waals surface area contributed by atoms with Gasteiger partial charge in [0.1, 0.15) is 16.5 Å². The van der Waals surface area contributed by atoms with E-state index >= 15 is 0 Å². The minimum atomic E-state index is -0.337. The Morgan fingerprint density at radius 3 is 2.71 bits per heavy atom. The largest absolute Gasteiger partial charge is 0.495 e. The number of hydrogen-bond donors (Lipinski definition) is 2. The van der Waals surface area contributed by atoms with Crippen molar-refractivity contribution in [3.8, 4) is 5.75 Å². The van der Waals surface area contributed by atoms with Crippen molar-refractivity contribution in [1.29, 1.82) is 0 Å². The number of methoxy groups -OCH3 is 1. The molecule has 1 aromatic carbocycles. The van der Waals surface area contributed by atoms with E-state index in [1.165, 1.54) is 7.11 Å². The van der Waals surface area contributed by atoms with Crippen molar-refractivity contribution >= 4 is 28.8 Å². The molecule has 5 nitrogen and oxygen atoms in total. The minimum absolute atomic E-state index is 0.257. The van der Waals surface area contributed by atoms with Crippen LogP contribution in [0.5, 0.6) is 5.75 Å². The Bertz CT molecular complexity index is 679. The Balaban J connectivity index is 2.22. The molecule has 0 aliphatic heterocycles. The number of nitrogens with one attached hydrogen (secondary N) is 1. The predicted molar refractivity (Wildman–Crippen MR) is 84.9 cm³/mol. The lowest BCUT2D eigenvalue weighted by Crippen LogP contribution is -2.13. The Morgan fingerprint density at radius 2 is 2.14 bits per heavy atom.